The van der Waals surface area contributed by atoms with Crippen LogP contribution in [0.4, 0.5) is 0 Å². The number of aliphatic hydroxyl groups excluding tert-OH is 1. The minimum atomic E-state index is -0.610. The van der Waals surface area contributed by atoms with Gasteiger partial charge in [0.15, 0.2) is 0 Å². The van der Waals surface area contributed by atoms with Crippen molar-refractivity contribution >= 4 is 15.9 Å². The highest BCUT2D eigenvalue weighted by atomic mass is 79.9. The van der Waals surface area contributed by atoms with Gasteiger partial charge in [-0.25, -0.2) is 0 Å². The molecular formula is C14H14BrNO2. The summed E-state index contributed by atoms with van der Waals surface area (Å²) in [5.41, 5.74) is 1.77. The predicted octanol–water partition coefficient (Wildman–Crippen LogP) is 3.13. The molecule has 0 fully saturated rings. The third-order valence-electron chi connectivity index (χ3n) is 2.70. The molecule has 3 nitrogen and oxygen atoms in total. The van der Waals surface area contributed by atoms with Crippen LogP contribution in [0.2, 0.25) is 0 Å². The smallest absolute Gasteiger partial charge is 0.124 e. The van der Waals surface area contributed by atoms with Crippen LogP contribution in [0.5, 0.6) is 5.75 Å². The summed E-state index contributed by atoms with van der Waals surface area (Å²) in [5, 5.41) is 10.3. The maximum atomic E-state index is 10.3. The van der Waals surface area contributed by atoms with Crippen molar-refractivity contribution in [3.63, 3.8) is 0 Å². The molecule has 18 heavy (non-hydrogen) atoms. The Morgan fingerprint density at radius 1 is 1.39 bits per heavy atom. The number of methoxy groups -OCH3 is 1. The van der Waals surface area contributed by atoms with E-state index in [4.69, 9.17) is 4.74 Å². The minimum absolute atomic E-state index is 0.515. The second-order valence-electron chi connectivity index (χ2n) is 3.97. The molecule has 2 rings (SSSR count). The second kappa shape index (κ2) is 5.98. The SMILES string of the molecule is COc1ccc(Br)cc1C(O)Cc1cccnc1. The first-order valence-corrected chi connectivity index (χ1v) is 6.40. The second-order valence-corrected chi connectivity index (χ2v) is 4.88. The average molecular weight is 308 g/mol. The summed E-state index contributed by atoms with van der Waals surface area (Å²) < 4.78 is 6.18. The van der Waals surface area contributed by atoms with E-state index in [2.05, 4.69) is 20.9 Å². The molecule has 0 aliphatic carbocycles. The Morgan fingerprint density at radius 3 is 2.89 bits per heavy atom. The van der Waals surface area contributed by atoms with Gasteiger partial charge in [0.25, 0.3) is 0 Å². The molecule has 94 valence electrons. The van der Waals surface area contributed by atoms with E-state index >= 15 is 0 Å². The molecule has 0 amide bonds. The number of pyridine rings is 1. The fourth-order valence-corrected chi connectivity index (χ4v) is 2.20. The Morgan fingerprint density at radius 2 is 2.22 bits per heavy atom. The van der Waals surface area contributed by atoms with E-state index in [9.17, 15) is 5.11 Å². The summed E-state index contributed by atoms with van der Waals surface area (Å²) in [5.74, 6) is 0.689. The molecule has 1 N–H and O–H groups in total. The lowest BCUT2D eigenvalue weighted by Gasteiger charge is -2.15. The molecule has 0 aliphatic rings. The van der Waals surface area contributed by atoms with Crippen LogP contribution in [0.3, 0.4) is 0 Å². The van der Waals surface area contributed by atoms with Gasteiger partial charge in [0.05, 0.1) is 13.2 Å². The first kappa shape index (κ1) is 13.1. The number of aliphatic hydroxyl groups is 1. The minimum Gasteiger partial charge on any atom is -0.496 e. The lowest BCUT2D eigenvalue weighted by atomic mass is 10.0. The van der Waals surface area contributed by atoms with Crippen LogP contribution in [-0.4, -0.2) is 17.2 Å². The van der Waals surface area contributed by atoms with Gasteiger partial charge in [-0.3, -0.25) is 4.98 Å². The largest absolute Gasteiger partial charge is 0.496 e. The van der Waals surface area contributed by atoms with Gasteiger partial charge in [-0.1, -0.05) is 22.0 Å². The average Bonchev–Trinajstić information content (AvgIpc) is 2.40. The highest BCUT2D eigenvalue weighted by Crippen LogP contribution is 2.30. The quantitative estimate of drug-likeness (QED) is 0.943. The summed E-state index contributed by atoms with van der Waals surface area (Å²) in [6.45, 7) is 0. The van der Waals surface area contributed by atoms with Crippen molar-refractivity contribution < 1.29 is 9.84 Å². The molecule has 4 heteroatoms. The van der Waals surface area contributed by atoms with E-state index in [1.807, 2.05) is 30.3 Å². The molecule has 1 aromatic heterocycles. The van der Waals surface area contributed by atoms with Gasteiger partial charge in [-0.05, 0) is 29.8 Å². The van der Waals surface area contributed by atoms with Crippen LogP contribution < -0.4 is 4.74 Å². The van der Waals surface area contributed by atoms with E-state index in [1.165, 1.54) is 0 Å². The number of rotatable bonds is 4. The lowest BCUT2D eigenvalue weighted by molar-refractivity contribution is 0.174. The van der Waals surface area contributed by atoms with Crippen molar-refractivity contribution in [2.75, 3.05) is 7.11 Å². The van der Waals surface area contributed by atoms with Crippen molar-refractivity contribution in [3.8, 4) is 5.75 Å². The molecule has 0 radical (unpaired) electrons. The molecular weight excluding hydrogens is 294 g/mol. The maximum absolute atomic E-state index is 10.3. The Hall–Kier alpha value is -1.39. The predicted molar refractivity (Wildman–Crippen MR) is 73.6 cm³/mol. The highest BCUT2D eigenvalue weighted by Gasteiger charge is 2.14. The van der Waals surface area contributed by atoms with Crippen molar-refractivity contribution in [2.24, 2.45) is 0 Å². The highest BCUT2D eigenvalue weighted by molar-refractivity contribution is 9.10. The van der Waals surface area contributed by atoms with E-state index < -0.39 is 6.10 Å². The number of halogens is 1. The van der Waals surface area contributed by atoms with E-state index in [1.54, 1.807) is 19.5 Å². The monoisotopic (exact) mass is 307 g/mol. The topological polar surface area (TPSA) is 42.4 Å². The lowest BCUT2D eigenvalue weighted by Crippen LogP contribution is -2.04. The van der Waals surface area contributed by atoms with Crippen molar-refractivity contribution in [1.82, 2.24) is 4.98 Å². The molecule has 1 atom stereocenters. The first-order chi connectivity index (χ1) is 8.70. The van der Waals surface area contributed by atoms with E-state index in [-0.39, 0.29) is 0 Å². The summed E-state index contributed by atoms with van der Waals surface area (Å²) in [6, 6.07) is 9.41. The molecule has 0 spiro atoms. The number of benzene rings is 1. The van der Waals surface area contributed by atoms with Crippen molar-refractivity contribution in [2.45, 2.75) is 12.5 Å². The number of nitrogens with zero attached hydrogens (tertiary/aromatic N) is 1. The third-order valence-corrected chi connectivity index (χ3v) is 3.20. The fraction of sp³-hybridized carbons (Fsp3) is 0.214. The van der Waals surface area contributed by atoms with Gasteiger partial charge in [0.1, 0.15) is 5.75 Å². The molecule has 0 saturated heterocycles. The van der Waals surface area contributed by atoms with Crippen LogP contribution in [0, 0.1) is 0 Å². The van der Waals surface area contributed by atoms with Gasteiger partial charge in [-0.15, -0.1) is 0 Å². The Balaban J connectivity index is 2.23. The van der Waals surface area contributed by atoms with Crippen molar-refractivity contribution in [3.05, 3.63) is 58.3 Å². The molecule has 0 bridgehead atoms. The zero-order chi connectivity index (χ0) is 13.0. The number of ether oxygens (including phenoxy) is 1. The van der Waals surface area contributed by atoms with Gasteiger partial charge >= 0.3 is 0 Å². The van der Waals surface area contributed by atoms with Gasteiger partial charge in [-0.2, -0.15) is 0 Å². The number of hydrogen-bond acceptors (Lipinski definition) is 3. The molecule has 2 aromatic rings. The van der Waals surface area contributed by atoms with Crippen LogP contribution >= 0.6 is 15.9 Å². The Kier molecular flexibility index (Phi) is 4.33. The zero-order valence-corrected chi connectivity index (χ0v) is 11.6. The Bertz CT molecular complexity index is 516. The molecule has 0 saturated carbocycles. The number of hydrogen-bond donors (Lipinski definition) is 1. The Labute approximate surface area is 115 Å². The maximum Gasteiger partial charge on any atom is 0.124 e. The molecule has 0 aliphatic heterocycles. The van der Waals surface area contributed by atoms with Crippen LogP contribution in [-0.2, 0) is 6.42 Å². The fourth-order valence-electron chi connectivity index (χ4n) is 1.82. The van der Waals surface area contributed by atoms with Crippen LogP contribution in [0.15, 0.2) is 47.2 Å². The summed E-state index contributed by atoms with van der Waals surface area (Å²) in [4.78, 5) is 4.04. The van der Waals surface area contributed by atoms with Crippen LogP contribution in [0.1, 0.15) is 17.2 Å². The van der Waals surface area contributed by atoms with Crippen LogP contribution in [0.25, 0.3) is 0 Å². The molecule has 1 heterocycles. The standard InChI is InChI=1S/C14H14BrNO2/c1-18-14-5-4-11(15)8-12(14)13(17)7-10-3-2-6-16-9-10/h2-6,8-9,13,17H,7H2,1H3. The van der Waals surface area contributed by atoms with Gasteiger partial charge in [0, 0.05) is 28.9 Å². The molecule has 1 aromatic carbocycles. The van der Waals surface area contributed by atoms with E-state index in [0.717, 1.165) is 15.6 Å². The number of aromatic nitrogens is 1. The van der Waals surface area contributed by atoms with Gasteiger partial charge in [0.2, 0.25) is 0 Å². The summed E-state index contributed by atoms with van der Waals surface area (Å²) in [6.07, 6.45) is 3.38. The normalized spacial score (nSPS) is 12.2. The summed E-state index contributed by atoms with van der Waals surface area (Å²) >= 11 is 3.40. The van der Waals surface area contributed by atoms with E-state index in [0.29, 0.717) is 12.2 Å². The molecule has 1 unspecified atom stereocenters. The first-order valence-electron chi connectivity index (χ1n) is 5.61. The summed E-state index contributed by atoms with van der Waals surface area (Å²) in [7, 11) is 1.60. The van der Waals surface area contributed by atoms with Crippen molar-refractivity contribution in [1.29, 1.82) is 0 Å². The van der Waals surface area contributed by atoms with Gasteiger partial charge < -0.3 is 9.84 Å². The third kappa shape index (κ3) is 3.09. The zero-order valence-electron chi connectivity index (χ0n) is 10.0.